The third-order valence-corrected chi connectivity index (χ3v) is 12.8. The van der Waals surface area contributed by atoms with Gasteiger partial charge in [-0.1, -0.05) is 206 Å². The zero-order valence-corrected chi connectivity index (χ0v) is 35.1. The predicted octanol–water partition coefficient (Wildman–Crippen LogP) is 17.2. The molecule has 0 aliphatic rings. The molecule has 12 aromatic rings. The Kier molecular flexibility index (Phi) is 9.20. The van der Waals surface area contributed by atoms with Crippen molar-refractivity contribution < 1.29 is 0 Å². The number of para-hydroxylation sites is 2. The van der Waals surface area contributed by atoms with Gasteiger partial charge in [0.05, 0.1) is 16.7 Å². The quantitative estimate of drug-likeness (QED) is 0.148. The van der Waals surface area contributed by atoms with E-state index >= 15 is 0 Å². The van der Waals surface area contributed by atoms with Crippen LogP contribution < -0.4 is 4.90 Å². The average molecular weight is 815 g/mol. The van der Waals surface area contributed by atoms with Crippen LogP contribution >= 0.6 is 0 Å². The second kappa shape index (κ2) is 15.8. The topological polar surface area (TPSA) is 8.17 Å². The Labute approximate surface area is 373 Å². The van der Waals surface area contributed by atoms with Crippen LogP contribution in [0.15, 0.2) is 255 Å². The van der Waals surface area contributed by atoms with Crippen molar-refractivity contribution in [1.29, 1.82) is 0 Å². The van der Waals surface area contributed by atoms with E-state index in [0.29, 0.717) is 0 Å². The minimum atomic E-state index is 1.09. The Hall–Kier alpha value is -8.46. The molecule has 1 heterocycles. The third-order valence-electron chi connectivity index (χ3n) is 12.8. The fourth-order valence-electron chi connectivity index (χ4n) is 9.69. The first-order valence-electron chi connectivity index (χ1n) is 22.0. The zero-order chi connectivity index (χ0) is 42.4. The van der Waals surface area contributed by atoms with Gasteiger partial charge in [0.2, 0.25) is 0 Å². The number of rotatable bonds is 8. The molecule has 64 heavy (non-hydrogen) atoms. The van der Waals surface area contributed by atoms with E-state index in [2.05, 4.69) is 264 Å². The lowest BCUT2D eigenvalue weighted by Crippen LogP contribution is -2.09. The summed E-state index contributed by atoms with van der Waals surface area (Å²) in [5, 5.41) is 7.53. The van der Waals surface area contributed by atoms with Crippen molar-refractivity contribution in [3.63, 3.8) is 0 Å². The minimum absolute atomic E-state index is 1.09. The van der Waals surface area contributed by atoms with Gasteiger partial charge in [-0.3, -0.25) is 0 Å². The van der Waals surface area contributed by atoms with Crippen molar-refractivity contribution >= 4 is 60.4 Å². The fourth-order valence-corrected chi connectivity index (χ4v) is 9.69. The van der Waals surface area contributed by atoms with Gasteiger partial charge in [-0.25, -0.2) is 0 Å². The predicted molar refractivity (Wildman–Crippen MR) is 272 cm³/mol. The van der Waals surface area contributed by atoms with Crippen LogP contribution in [-0.4, -0.2) is 4.57 Å². The number of nitrogens with zero attached hydrogens (tertiary/aromatic N) is 2. The van der Waals surface area contributed by atoms with Gasteiger partial charge in [0.15, 0.2) is 0 Å². The van der Waals surface area contributed by atoms with E-state index < -0.39 is 0 Å². The van der Waals surface area contributed by atoms with Crippen LogP contribution in [0.4, 0.5) is 17.1 Å². The van der Waals surface area contributed by atoms with Crippen molar-refractivity contribution in [1.82, 2.24) is 4.57 Å². The Balaban J connectivity index is 0.924. The maximum Gasteiger partial charge on any atom is 0.0619 e. The number of benzene rings is 11. The maximum absolute atomic E-state index is 2.47. The van der Waals surface area contributed by atoms with Crippen LogP contribution in [0.2, 0.25) is 0 Å². The van der Waals surface area contributed by atoms with E-state index in [9.17, 15) is 0 Å². The van der Waals surface area contributed by atoms with Crippen molar-refractivity contribution in [3.05, 3.63) is 255 Å². The van der Waals surface area contributed by atoms with E-state index in [1.165, 1.54) is 82.3 Å². The SMILES string of the molecule is c1ccc(-c2ccc(N(c3ccc(-c4ccc(-c5cccc6ccccc56)cc4)cc3)c3ccc(-c4ccccc4-n4c5ccccc5c5ccc6ccccc6c54)cc3)cc2)cc1. The fraction of sp³-hybridized carbons (Fsp3) is 0. The Morgan fingerprint density at radius 2 is 0.688 bits per heavy atom. The second-order valence-corrected chi connectivity index (χ2v) is 16.5. The molecular formula is C62H42N2. The van der Waals surface area contributed by atoms with Crippen LogP contribution in [-0.2, 0) is 0 Å². The lowest BCUT2D eigenvalue weighted by molar-refractivity contribution is 1.19. The van der Waals surface area contributed by atoms with Crippen LogP contribution in [0.5, 0.6) is 0 Å². The molecular weight excluding hydrogens is 773 g/mol. The summed E-state index contributed by atoms with van der Waals surface area (Å²) in [6.45, 7) is 0. The molecule has 0 aliphatic carbocycles. The Bertz CT molecular complexity index is 3620. The van der Waals surface area contributed by atoms with Gasteiger partial charge in [0.1, 0.15) is 0 Å². The van der Waals surface area contributed by atoms with Gasteiger partial charge in [-0.05, 0) is 104 Å². The highest BCUT2D eigenvalue weighted by Crippen LogP contribution is 2.42. The standard InChI is InChI=1S/C62H42N2/c1-2-13-43(14-3-1)45-29-36-51(37-30-45)63(52-38-31-46(32-39-52)44-25-27-49(28-26-44)55-22-12-17-47-15-4-6-18-54(47)55)53-40-33-50(34-41-53)56-19-8-10-23-60(56)64-61-24-11-9-21-58(61)59-42-35-48-16-5-7-20-57(48)62(59)64/h1-42H. The number of anilines is 3. The van der Waals surface area contributed by atoms with Crippen molar-refractivity contribution in [2.75, 3.05) is 4.90 Å². The molecule has 2 nitrogen and oxygen atoms in total. The van der Waals surface area contributed by atoms with Crippen molar-refractivity contribution in [2.45, 2.75) is 0 Å². The number of fused-ring (bicyclic) bond motifs is 6. The lowest BCUT2D eigenvalue weighted by atomic mass is 9.96. The lowest BCUT2D eigenvalue weighted by Gasteiger charge is -2.26. The molecule has 0 N–H and O–H groups in total. The summed E-state index contributed by atoms with van der Waals surface area (Å²) in [5.41, 5.74) is 16.4. The summed E-state index contributed by atoms with van der Waals surface area (Å²) < 4.78 is 2.47. The first kappa shape index (κ1) is 37.3. The monoisotopic (exact) mass is 814 g/mol. The molecule has 0 fully saturated rings. The van der Waals surface area contributed by atoms with E-state index in [1.807, 2.05) is 0 Å². The number of hydrogen-bond acceptors (Lipinski definition) is 1. The van der Waals surface area contributed by atoms with E-state index in [1.54, 1.807) is 0 Å². The summed E-state index contributed by atoms with van der Waals surface area (Å²) >= 11 is 0. The molecule has 0 bridgehead atoms. The van der Waals surface area contributed by atoms with Gasteiger partial charge in [-0.15, -0.1) is 0 Å². The van der Waals surface area contributed by atoms with Gasteiger partial charge >= 0.3 is 0 Å². The highest BCUT2D eigenvalue weighted by atomic mass is 15.1. The van der Waals surface area contributed by atoms with Crippen LogP contribution in [0, 0.1) is 0 Å². The molecule has 2 heteroatoms. The van der Waals surface area contributed by atoms with Gasteiger partial charge < -0.3 is 9.47 Å². The molecule has 0 spiro atoms. The highest BCUT2D eigenvalue weighted by molar-refractivity contribution is 6.19. The Morgan fingerprint density at radius 1 is 0.250 bits per heavy atom. The molecule has 0 saturated heterocycles. The molecule has 11 aromatic carbocycles. The normalized spacial score (nSPS) is 11.4. The molecule has 0 unspecified atom stereocenters. The van der Waals surface area contributed by atoms with E-state index in [-0.39, 0.29) is 0 Å². The molecule has 1 aromatic heterocycles. The third kappa shape index (κ3) is 6.52. The molecule has 300 valence electrons. The highest BCUT2D eigenvalue weighted by Gasteiger charge is 2.19. The van der Waals surface area contributed by atoms with Crippen molar-refractivity contribution in [2.24, 2.45) is 0 Å². The second-order valence-electron chi connectivity index (χ2n) is 16.5. The summed E-state index contributed by atoms with van der Waals surface area (Å²) in [7, 11) is 0. The summed E-state index contributed by atoms with van der Waals surface area (Å²) in [4.78, 5) is 2.36. The van der Waals surface area contributed by atoms with Crippen molar-refractivity contribution in [3.8, 4) is 50.2 Å². The first-order chi connectivity index (χ1) is 31.7. The average Bonchev–Trinajstić information content (AvgIpc) is 3.72. The van der Waals surface area contributed by atoms with Crippen LogP contribution in [0.1, 0.15) is 0 Å². The smallest absolute Gasteiger partial charge is 0.0619 e. The van der Waals surface area contributed by atoms with Gasteiger partial charge in [0, 0.05) is 38.8 Å². The molecule has 12 rings (SSSR count). The van der Waals surface area contributed by atoms with Gasteiger partial charge in [-0.2, -0.15) is 0 Å². The number of hydrogen-bond donors (Lipinski definition) is 0. The molecule has 0 saturated carbocycles. The molecule has 0 radical (unpaired) electrons. The van der Waals surface area contributed by atoms with Crippen LogP contribution in [0.3, 0.4) is 0 Å². The largest absolute Gasteiger partial charge is 0.311 e. The zero-order valence-electron chi connectivity index (χ0n) is 35.1. The maximum atomic E-state index is 2.47. The number of aromatic nitrogens is 1. The summed E-state index contributed by atoms with van der Waals surface area (Å²) in [6.07, 6.45) is 0. The van der Waals surface area contributed by atoms with Gasteiger partial charge in [0.25, 0.3) is 0 Å². The van der Waals surface area contributed by atoms with E-state index in [0.717, 1.165) is 28.3 Å². The Morgan fingerprint density at radius 3 is 1.36 bits per heavy atom. The summed E-state index contributed by atoms with van der Waals surface area (Å²) in [5.74, 6) is 0. The molecule has 0 aliphatic heterocycles. The first-order valence-corrected chi connectivity index (χ1v) is 22.0. The molecule has 0 atom stereocenters. The molecule has 0 amide bonds. The van der Waals surface area contributed by atoms with E-state index in [4.69, 9.17) is 0 Å². The summed E-state index contributed by atoms with van der Waals surface area (Å²) in [6, 6.07) is 92.5. The van der Waals surface area contributed by atoms with Crippen LogP contribution in [0.25, 0.3) is 93.5 Å². The minimum Gasteiger partial charge on any atom is -0.311 e.